The van der Waals surface area contributed by atoms with Crippen LogP contribution in [0.1, 0.15) is 15.9 Å². The van der Waals surface area contributed by atoms with Crippen LogP contribution < -0.4 is 5.32 Å². The van der Waals surface area contributed by atoms with Crippen LogP contribution in [-0.4, -0.2) is 11.0 Å². The van der Waals surface area contributed by atoms with Crippen LogP contribution in [0.15, 0.2) is 46.9 Å². The Balaban J connectivity index is 2.18. The summed E-state index contributed by atoms with van der Waals surface area (Å²) in [6, 6.07) is 10.7. The second-order valence-electron chi connectivity index (χ2n) is 3.93. The van der Waals surface area contributed by atoms with Gasteiger partial charge in [0.15, 0.2) is 0 Å². The Morgan fingerprint density at radius 2 is 1.89 bits per heavy atom. The summed E-state index contributed by atoms with van der Waals surface area (Å²) in [6.45, 7) is -0.0519. The van der Waals surface area contributed by atoms with Gasteiger partial charge in [-0.15, -0.1) is 0 Å². The van der Waals surface area contributed by atoms with E-state index in [2.05, 4.69) is 21.2 Å². The third-order valence-electron chi connectivity index (χ3n) is 2.57. The van der Waals surface area contributed by atoms with E-state index in [1.165, 1.54) is 18.2 Å². The topological polar surface area (TPSA) is 49.3 Å². The number of carbonyl (C=O) groups is 1. The molecule has 3 nitrogen and oxygen atoms in total. The van der Waals surface area contributed by atoms with Gasteiger partial charge in [0.05, 0.1) is 12.2 Å². The standard InChI is InChI=1S/C14H11BrFNO2/c15-13-6-3-10(16)7-12(13)14(19)17-11-4-1-9(8-18)2-5-11/h1-7,18H,8H2,(H,17,19). The molecule has 0 fully saturated rings. The summed E-state index contributed by atoms with van der Waals surface area (Å²) < 4.78 is 13.6. The Morgan fingerprint density at radius 3 is 2.53 bits per heavy atom. The zero-order chi connectivity index (χ0) is 13.8. The number of rotatable bonds is 3. The van der Waals surface area contributed by atoms with Crippen LogP contribution in [0.5, 0.6) is 0 Å². The lowest BCUT2D eigenvalue weighted by atomic mass is 10.2. The predicted octanol–water partition coefficient (Wildman–Crippen LogP) is 3.33. The number of aliphatic hydroxyl groups excluding tert-OH is 1. The number of halogens is 2. The van der Waals surface area contributed by atoms with Gasteiger partial charge in [-0.3, -0.25) is 4.79 Å². The molecule has 0 aliphatic rings. The molecule has 1 amide bonds. The van der Waals surface area contributed by atoms with E-state index in [1.54, 1.807) is 24.3 Å². The molecule has 2 rings (SSSR count). The van der Waals surface area contributed by atoms with Crippen molar-refractivity contribution in [2.24, 2.45) is 0 Å². The van der Waals surface area contributed by atoms with Crippen molar-refractivity contribution in [2.45, 2.75) is 6.61 Å². The molecule has 0 bridgehead atoms. The highest BCUT2D eigenvalue weighted by atomic mass is 79.9. The van der Waals surface area contributed by atoms with Crippen LogP contribution >= 0.6 is 15.9 Å². The second-order valence-corrected chi connectivity index (χ2v) is 4.79. The number of nitrogens with one attached hydrogen (secondary N) is 1. The lowest BCUT2D eigenvalue weighted by Gasteiger charge is -2.07. The van der Waals surface area contributed by atoms with Crippen molar-refractivity contribution in [3.63, 3.8) is 0 Å². The van der Waals surface area contributed by atoms with Crippen molar-refractivity contribution in [1.82, 2.24) is 0 Å². The van der Waals surface area contributed by atoms with Gasteiger partial charge in [0.2, 0.25) is 0 Å². The van der Waals surface area contributed by atoms with Crippen LogP contribution in [0.25, 0.3) is 0 Å². The van der Waals surface area contributed by atoms with Crippen molar-refractivity contribution in [3.05, 3.63) is 63.9 Å². The van der Waals surface area contributed by atoms with Crippen LogP contribution in [-0.2, 0) is 6.61 Å². The highest BCUT2D eigenvalue weighted by Crippen LogP contribution is 2.19. The van der Waals surface area contributed by atoms with Crippen LogP contribution in [0.4, 0.5) is 10.1 Å². The van der Waals surface area contributed by atoms with Gasteiger partial charge in [0, 0.05) is 10.2 Å². The third kappa shape index (κ3) is 3.39. The molecule has 0 saturated heterocycles. The molecule has 5 heteroatoms. The summed E-state index contributed by atoms with van der Waals surface area (Å²) in [6.07, 6.45) is 0. The first kappa shape index (κ1) is 13.7. The van der Waals surface area contributed by atoms with Gasteiger partial charge in [-0.2, -0.15) is 0 Å². The molecule has 0 atom stereocenters. The number of hydrogen-bond acceptors (Lipinski definition) is 2. The smallest absolute Gasteiger partial charge is 0.256 e. The molecule has 0 saturated carbocycles. The van der Waals surface area contributed by atoms with Gasteiger partial charge in [0.25, 0.3) is 5.91 Å². The maximum absolute atomic E-state index is 13.1. The summed E-state index contributed by atoms with van der Waals surface area (Å²) in [5.41, 5.74) is 1.56. The summed E-state index contributed by atoms with van der Waals surface area (Å²) in [7, 11) is 0. The molecule has 0 aromatic heterocycles. The molecule has 2 aromatic rings. The van der Waals surface area contributed by atoms with E-state index in [1.807, 2.05) is 0 Å². The van der Waals surface area contributed by atoms with E-state index in [0.29, 0.717) is 10.2 Å². The Hall–Kier alpha value is -1.72. The largest absolute Gasteiger partial charge is 0.392 e. The Bertz CT molecular complexity index is 599. The number of carbonyl (C=O) groups excluding carboxylic acids is 1. The average Bonchev–Trinajstić information content (AvgIpc) is 2.42. The molecule has 2 N–H and O–H groups in total. The maximum atomic E-state index is 13.1. The normalized spacial score (nSPS) is 10.3. The van der Waals surface area contributed by atoms with Gasteiger partial charge < -0.3 is 10.4 Å². The minimum Gasteiger partial charge on any atom is -0.392 e. The van der Waals surface area contributed by atoms with E-state index in [0.717, 1.165) is 5.56 Å². The summed E-state index contributed by atoms with van der Waals surface area (Å²) in [4.78, 5) is 12.0. The van der Waals surface area contributed by atoms with Crippen molar-refractivity contribution in [2.75, 3.05) is 5.32 Å². The zero-order valence-corrected chi connectivity index (χ0v) is 11.4. The first-order valence-corrected chi connectivity index (χ1v) is 6.35. The van der Waals surface area contributed by atoms with Crippen LogP contribution in [0, 0.1) is 5.82 Å². The monoisotopic (exact) mass is 323 g/mol. The number of anilines is 1. The minimum atomic E-state index is -0.469. The van der Waals surface area contributed by atoms with E-state index >= 15 is 0 Å². The molecular weight excluding hydrogens is 313 g/mol. The van der Waals surface area contributed by atoms with Crippen LogP contribution in [0.2, 0.25) is 0 Å². The molecule has 0 radical (unpaired) electrons. The quantitative estimate of drug-likeness (QED) is 0.910. The maximum Gasteiger partial charge on any atom is 0.256 e. The second kappa shape index (κ2) is 5.95. The molecule has 98 valence electrons. The van der Waals surface area contributed by atoms with E-state index in [4.69, 9.17) is 5.11 Å². The molecule has 19 heavy (non-hydrogen) atoms. The Labute approximate surface area is 118 Å². The number of amides is 1. The summed E-state index contributed by atoms with van der Waals surface area (Å²) in [5.74, 6) is -0.868. The fourth-order valence-corrected chi connectivity index (χ4v) is 1.99. The SMILES string of the molecule is O=C(Nc1ccc(CO)cc1)c1cc(F)ccc1Br. The Kier molecular flexibility index (Phi) is 4.29. The number of benzene rings is 2. The lowest BCUT2D eigenvalue weighted by Crippen LogP contribution is -2.12. The molecule has 0 heterocycles. The lowest BCUT2D eigenvalue weighted by molar-refractivity contribution is 0.102. The van der Waals surface area contributed by atoms with Crippen molar-refractivity contribution >= 4 is 27.5 Å². The van der Waals surface area contributed by atoms with Crippen molar-refractivity contribution in [3.8, 4) is 0 Å². The first-order chi connectivity index (χ1) is 9.10. The molecule has 0 aliphatic carbocycles. The van der Waals surface area contributed by atoms with E-state index in [9.17, 15) is 9.18 Å². The average molecular weight is 324 g/mol. The summed E-state index contributed by atoms with van der Waals surface area (Å²) >= 11 is 3.21. The van der Waals surface area contributed by atoms with Gasteiger partial charge >= 0.3 is 0 Å². The van der Waals surface area contributed by atoms with Gasteiger partial charge in [-0.1, -0.05) is 12.1 Å². The molecular formula is C14H11BrFNO2. The molecule has 0 aliphatic heterocycles. The van der Waals surface area contributed by atoms with Crippen molar-refractivity contribution in [1.29, 1.82) is 0 Å². The fraction of sp³-hybridized carbons (Fsp3) is 0.0714. The van der Waals surface area contributed by atoms with Gasteiger partial charge in [-0.05, 0) is 51.8 Å². The molecule has 2 aromatic carbocycles. The minimum absolute atomic E-state index is 0.0519. The number of hydrogen-bond donors (Lipinski definition) is 2. The van der Waals surface area contributed by atoms with Gasteiger partial charge in [-0.25, -0.2) is 4.39 Å². The Morgan fingerprint density at radius 1 is 1.21 bits per heavy atom. The highest BCUT2D eigenvalue weighted by molar-refractivity contribution is 9.10. The number of aliphatic hydroxyl groups is 1. The zero-order valence-electron chi connectivity index (χ0n) is 9.86. The fourth-order valence-electron chi connectivity index (χ4n) is 1.56. The predicted molar refractivity (Wildman–Crippen MR) is 74.4 cm³/mol. The van der Waals surface area contributed by atoms with Crippen molar-refractivity contribution < 1.29 is 14.3 Å². The van der Waals surface area contributed by atoms with Crippen LogP contribution in [0.3, 0.4) is 0 Å². The van der Waals surface area contributed by atoms with Gasteiger partial charge in [0.1, 0.15) is 5.82 Å². The summed E-state index contributed by atoms with van der Waals surface area (Å²) in [5, 5.41) is 11.6. The van der Waals surface area contributed by atoms with E-state index in [-0.39, 0.29) is 12.2 Å². The first-order valence-electron chi connectivity index (χ1n) is 5.56. The third-order valence-corrected chi connectivity index (χ3v) is 3.26. The highest BCUT2D eigenvalue weighted by Gasteiger charge is 2.11. The molecule has 0 unspecified atom stereocenters. The van der Waals surface area contributed by atoms with E-state index < -0.39 is 11.7 Å². The molecule has 0 spiro atoms.